The molecule has 0 aromatic carbocycles. The zero-order chi connectivity index (χ0) is 13.1. The van der Waals surface area contributed by atoms with Crippen LogP contribution in [0.15, 0.2) is 6.07 Å². The van der Waals surface area contributed by atoms with E-state index < -0.39 is 5.97 Å². The van der Waals surface area contributed by atoms with Gasteiger partial charge in [0, 0.05) is 18.7 Å². The van der Waals surface area contributed by atoms with Crippen molar-refractivity contribution in [1.82, 2.24) is 15.1 Å². The highest BCUT2D eigenvalue weighted by molar-refractivity contribution is 5.95. The molecule has 2 rings (SSSR count). The summed E-state index contributed by atoms with van der Waals surface area (Å²) < 4.78 is 1.33. The van der Waals surface area contributed by atoms with Gasteiger partial charge in [0.25, 0.3) is 5.91 Å². The molecule has 6 nitrogen and oxygen atoms in total. The van der Waals surface area contributed by atoms with Gasteiger partial charge in [-0.2, -0.15) is 5.10 Å². The summed E-state index contributed by atoms with van der Waals surface area (Å²) in [4.78, 5) is 22.9. The van der Waals surface area contributed by atoms with Crippen LogP contribution in [-0.4, -0.2) is 32.8 Å². The molecule has 1 aromatic heterocycles. The standard InChI is InChI=1S/C12H17N3O3/c1-2-15-10(12(17)18)7-9(14-15)11(16)13-8-5-3-4-6-8/h7-8H,2-6H2,1H3,(H,13,16)(H,17,18). The van der Waals surface area contributed by atoms with E-state index in [9.17, 15) is 9.59 Å². The van der Waals surface area contributed by atoms with Crippen LogP contribution in [0.1, 0.15) is 53.6 Å². The SMILES string of the molecule is CCn1nc(C(=O)NC2CCCC2)cc1C(=O)O. The van der Waals surface area contributed by atoms with Gasteiger partial charge in [-0.25, -0.2) is 4.79 Å². The average molecular weight is 251 g/mol. The van der Waals surface area contributed by atoms with Gasteiger partial charge in [0.15, 0.2) is 5.69 Å². The van der Waals surface area contributed by atoms with Gasteiger partial charge in [0.05, 0.1) is 0 Å². The minimum Gasteiger partial charge on any atom is -0.477 e. The van der Waals surface area contributed by atoms with Crippen LogP contribution >= 0.6 is 0 Å². The molecule has 0 spiro atoms. The van der Waals surface area contributed by atoms with Crippen molar-refractivity contribution in [2.75, 3.05) is 0 Å². The number of nitrogens with zero attached hydrogens (tertiary/aromatic N) is 2. The minimum atomic E-state index is -1.07. The van der Waals surface area contributed by atoms with Gasteiger partial charge in [-0.15, -0.1) is 0 Å². The lowest BCUT2D eigenvalue weighted by Gasteiger charge is -2.09. The Kier molecular flexibility index (Phi) is 3.64. The fraction of sp³-hybridized carbons (Fsp3) is 0.583. The van der Waals surface area contributed by atoms with Gasteiger partial charge < -0.3 is 10.4 Å². The maximum absolute atomic E-state index is 11.9. The summed E-state index contributed by atoms with van der Waals surface area (Å²) in [5.74, 6) is -1.35. The van der Waals surface area contributed by atoms with Crippen molar-refractivity contribution in [2.45, 2.75) is 45.2 Å². The topological polar surface area (TPSA) is 84.2 Å². The Hall–Kier alpha value is -1.85. The number of rotatable bonds is 4. The first kappa shape index (κ1) is 12.6. The molecule has 1 amide bonds. The van der Waals surface area contributed by atoms with Crippen LogP contribution in [0.25, 0.3) is 0 Å². The third kappa shape index (κ3) is 2.52. The molecule has 1 aromatic rings. The monoisotopic (exact) mass is 251 g/mol. The van der Waals surface area contributed by atoms with Gasteiger partial charge in [-0.1, -0.05) is 12.8 Å². The number of aromatic nitrogens is 2. The summed E-state index contributed by atoms with van der Waals surface area (Å²) in [6, 6.07) is 1.54. The van der Waals surface area contributed by atoms with Crippen LogP contribution in [0.4, 0.5) is 0 Å². The Bertz CT molecular complexity index is 461. The van der Waals surface area contributed by atoms with Gasteiger partial charge in [-0.3, -0.25) is 9.48 Å². The number of aromatic carboxylic acids is 1. The maximum atomic E-state index is 11.9. The van der Waals surface area contributed by atoms with Crippen LogP contribution in [-0.2, 0) is 6.54 Å². The van der Waals surface area contributed by atoms with Gasteiger partial charge in [0.2, 0.25) is 0 Å². The normalized spacial score (nSPS) is 15.8. The number of carboxylic acid groups (broad SMARTS) is 1. The number of carboxylic acids is 1. The van der Waals surface area contributed by atoms with E-state index in [1.807, 2.05) is 0 Å². The molecular formula is C12H17N3O3. The zero-order valence-corrected chi connectivity index (χ0v) is 10.3. The predicted molar refractivity (Wildman–Crippen MR) is 64.6 cm³/mol. The van der Waals surface area contributed by atoms with Crippen molar-refractivity contribution < 1.29 is 14.7 Å². The third-order valence-corrected chi connectivity index (χ3v) is 3.22. The summed E-state index contributed by atoms with van der Waals surface area (Å²) in [7, 11) is 0. The number of carbonyl (C=O) groups is 2. The Balaban J connectivity index is 2.12. The molecule has 18 heavy (non-hydrogen) atoms. The van der Waals surface area contributed by atoms with E-state index in [1.54, 1.807) is 6.92 Å². The van der Waals surface area contributed by atoms with E-state index in [0.717, 1.165) is 25.7 Å². The molecule has 0 bridgehead atoms. The number of amides is 1. The number of carbonyl (C=O) groups excluding carboxylic acids is 1. The molecule has 6 heteroatoms. The van der Waals surface area contributed by atoms with E-state index >= 15 is 0 Å². The van der Waals surface area contributed by atoms with Gasteiger partial charge in [-0.05, 0) is 19.8 Å². The van der Waals surface area contributed by atoms with Crippen molar-refractivity contribution in [3.63, 3.8) is 0 Å². The predicted octanol–water partition coefficient (Wildman–Crippen LogP) is 1.27. The highest BCUT2D eigenvalue weighted by atomic mass is 16.4. The average Bonchev–Trinajstić information content (AvgIpc) is 2.96. The van der Waals surface area contributed by atoms with Crippen LogP contribution in [0.2, 0.25) is 0 Å². The fourth-order valence-corrected chi connectivity index (χ4v) is 2.27. The van der Waals surface area contributed by atoms with Crippen molar-refractivity contribution in [2.24, 2.45) is 0 Å². The Labute approximate surface area is 105 Å². The van der Waals surface area contributed by atoms with E-state index in [1.165, 1.54) is 10.7 Å². The molecular weight excluding hydrogens is 234 g/mol. The van der Waals surface area contributed by atoms with E-state index in [0.29, 0.717) is 6.54 Å². The first-order valence-electron chi connectivity index (χ1n) is 6.23. The summed E-state index contributed by atoms with van der Waals surface area (Å²) >= 11 is 0. The lowest BCUT2D eigenvalue weighted by molar-refractivity contribution is 0.0683. The molecule has 1 fully saturated rings. The quantitative estimate of drug-likeness (QED) is 0.844. The van der Waals surface area contributed by atoms with Crippen LogP contribution in [0.5, 0.6) is 0 Å². The van der Waals surface area contributed by atoms with E-state index in [4.69, 9.17) is 5.11 Å². The maximum Gasteiger partial charge on any atom is 0.354 e. The lowest BCUT2D eigenvalue weighted by atomic mass is 10.2. The molecule has 1 heterocycles. The number of hydrogen-bond acceptors (Lipinski definition) is 3. The summed E-state index contributed by atoms with van der Waals surface area (Å²) in [6.07, 6.45) is 4.25. The minimum absolute atomic E-state index is 0.0501. The Morgan fingerprint density at radius 3 is 2.67 bits per heavy atom. The van der Waals surface area contributed by atoms with Crippen molar-refractivity contribution in [3.8, 4) is 0 Å². The number of hydrogen-bond donors (Lipinski definition) is 2. The van der Waals surface area contributed by atoms with Crippen molar-refractivity contribution in [1.29, 1.82) is 0 Å². The Morgan fingerprint density at radius 1 is 1.50 bits per heavy atom. The molecule has 2 N–H and O–H groups in total. The smallest absolute Gasteiger partial charge is 0.354 e. The first-order chi connectivity index (χ1) is 8.61. The second-order valence-corrected chi connectivity index (χ2v) is 4.49. The third-order valence-electron chi connectivity index (χ3n) is 3.22. The van der Waals surface area contributed by atoms with E-state index in [-0.39, 0.29) is 23.3 Å². The second kappa shape index (κ2) is 5.20. The molecule has 0 unspecified atom stereocenters. The number of aryl methyl sites for hydroxylation is 1. The molecule has 0 atom stereocenters. The van der Waals surface area contributed by atoms with Gasteiger partial charge >= 0.3 is 5.97 Å². The van der Waals surface area contributed by atoms with Crippen LogP contribution in [0, 0.1) is 0 Å². The van der Waals surface area contributed by atoms with Crippen LogP contribution < -0.4 is 5.32 Å². The molecule has 98 valence electrons. The highest BCUT2D eigenvalue weighted by Gasteiger charge is 2.22. The summed E-state index contributed by atoms with van der Waals surface area (Å²) in [5.41, 5.74) is 0.232. The van der Waals surface area contributed by atoms with Gasteiger partial charge in [0.1, 0.15) is 5.69 Å². The number of nitrogens with one attached hydrogen (secondary N) is 1. The summed E-state index contributed by atoms with van der Waals surface area (Å²) in [6.45, 7) is 2.22. The molecule has 0 saturated heterocycles. The summed E-state index contributed by atoms with van der Waals surface area (Å²) in [5, 5.41) is 15.9. The van der Waals surface area contributed by atoms with Crippen LogP contribution in [0.3, 0.4) is 0 Å². The molecule has 0 aliphatic heterocycles. The molecule has 1 saturated carbocycles. The fourth-order valence-electron chi connectivity index (χ4n) is 2.27. The van der Waals surface area contributed by atoms with E-state index in [2.05, 4.69) is 10.4 Å². The second-order valence-electron chi connectivity index (χ2n) is 4.49. The molecule has 1 aliphatic carbocycles. The molecule has 0 radical (unpaired) electrons. The lowest BCUT2D eigenvalue weighted by Crippen LogP contribution is -2.32. The first-order valence-corrected chi connectivity index (χ1v) is 6.23. The Morgan fingerprint density at radius 2 is 2.17 bits per heavy atom. The molecule has 1 aliphatic rings. The van der Waals surface area contributed by atoms with Crippen molar-refractivity contribution in [3.05, 3.63) is 17.5 Å². The largest absolute Gasteiger partial charge is 0.477 e. The van der Waals surface area contributed by atoms with Crippen molar-refractivity contribution >= 4 is 11.9 Å². The highest BCUT2D eigenvalue weighted by Crippen LogP contribution is 2.18. The zero-order valence-electron chi connectivity index (χ0n) is 10.3.